The van der Waals surface area contributed by atoms with Crippen LogP contribution >= 0.6 is 0 Å². The number of pyridine rings is 1. The van der Waals surface area contributed by atoms with Crippen LogP contribution in [0.4, 0.5) is 5.69 Å². The van der Waals surface area contributed by atoms with E-state index in [1.807, 2.05) is 36.3 Å². The molecule has 0 spiro atoms. The van der Waals surface area contributed by atoms with Crippen molar-refractivity contribution in [1.29, 1.82) is 0 Å². The number of nitrogens with zero attached hydrogens (tertiary/aromatic N) is 3. The predicted octanol–water partition coefficient (Wildman–Crippen LogP) is 4.72. The van der Waals surface area contributed by atoms with Gasteiger partial charge in [-0.2, -0.15) is 5.10 Å². The van der Waals surface area contributed by atoms with Crippen LogP contribution in [0.3, 0.4) is 0 Å². The summed E-state index contributed by atoms with van der Waals surface area (Å²) in [5.41, 5.74) is 4.41. The largest absolute Gasteiger partial charge is 0.378 e. The van der Waals surface area contributed by atoms with Gasteiger partial charge in [-0.1, -0.05) is 30.3 Å². The van der Waals surface area contributed by atoms with Gasteiger partial charge in [0.05, 0.1) is 6.20 Å². The molecular weight excluding hydrogens is 360 g/mol. The van der Waals surface area contributed by atoms with E-state index in [9.17, 15) is 4.79 Å². The number of hydrogen-bond donors (Lipinski definition) is 1. The minimum atomic E-state index is 0.116. The molecule has 2 aliphatic rings. The molecule has 1 N–H and O–H groups in total. The fraction of sp³-hybridized carbons (Fsp3) is 0.417. The van der Waals surface area contributed by atoms with Crippen LogP contribution < -0.4 is 10.9 Å². The van der Waals surface area contributed by atoms with Crippen LogP contribution in [0, 0.1) is 0 Å². The molecule has 0 amide bonds. The Balaban J connectivity index is 1.36. The third-order valence-corrected chi connectivity index (χ3v) is 6.38. The molecule has 2 aliphatic carbocycles. The highest BCUT2D eigenvalue weighted by molar-refractivity contribution is 5.66. The Kier molecular flexibility index (Phi) is 4.74. The first-order chi connectivity index (χ1) is 14.2. The van der Waals surface area contributed by atoms with Crippen molar-refractivity contribution in [2.75, 3.05) is 5.32 Å². The van der Waals surface area contributed by atoms with Crippen molar-refractivity contribution >= 4 is 5.69 Å². The highest BCUT2D eigenvalue weighted by atomic mass is 16.1. The maximum absolute atomic E-state index is 13.1. The number of aryl methyl sites for hydroxylation is 1. The topological polar surface area (TPSA) is 51.9 Å². The summed E-state index contributed by atoms with van der Waals surface area (Å²) < 4.78 is 3.74. The number of rotatable bonds is 5. The number of benzene rings is 1. The fourth-order valence-corrected chi connectivity index (χ4v) is 4.57. The summed E-state index contributed by atoms with van der Waals surface area (Å²) in [5.74, 6) is 0.638. The van der Waals surface area contributed by atoms with E-state index in [-0.39, 0.29) is 5.56 Å². The van der Waals surface area contributed by atoms with Crippen LogP contribution in [-0.4, -0.2) is 20.4 Å². The smallest absolute Gasteiger partial charge is 0.274 e. The lowest BCUT2D eigenvalue weighted by Crippen LogP contribution is -2.30. The van der Waals surface area contributed by atoms with Crippen molar-refractivity contribution < 1.29 is 0 Å². The van der Waals surface area contributed by atoms with Gasteiger partial charge < -0.3 is 9.88 Å². The predicted molar refractivity (Wildman–Crippen MR) is 116 cm³/mol. The third kappa shape index (κ3) is 3.86. The summed E-state index contributed by atoms with van der Waals surface area (Å²) in [6.45, 7) is 0. The third-order valence-electron chi connectivity index (χ3n) is 6.38. The van der Waals surface area contributed by atoms with Gasteiger partial charge in [-0.25, -0.2) is 0 Å². The van der Waals surface area contributed by atoms with E-state index in [1.165, 1.54) is 18.4 Å². The average molecular weight is 389 g/mol. The van der Waals surface area contributed by atoms with Gasteiger partial charge in [0.1, 0.15) is 5.69 Å². The Labute approximate surface area is 171 Å². The van der Waals surface area contributed by atoms with Gasteiger partial charge in [-0.3, -0.25) is 9.48 Å². The molecule has 5 heteroatoms. The maximum atomic E-state index is 13.1. The van der Waals surface area contributed by atoms with E-state index in [1.54, 1.807) is 4.68 Å². The maximum Gasteiger partial charge on any atom is 0.274 e. The summed E-state index contributed by atoms with van der Waals surface area (Å²) in [6.07, 6.45) is 12.6. The van der Waals surface area contributed by atoms with Gasteiger partial charge in [-0.05, 0) is 56.1 Å². The number of aromatic nitrogens is 3. The zero-order valence-electron chi connectivity index (χ0n) is 16.9. The lowest BCUT2D eigenvalue weighted by atomic mass is 9.82. The minimum absolute atomic E-state index is 0.116. The molecule has 0 saturated heterocycles. The van der Waals surface area contributed by atoms with Gasteiger partial charge >= 0.3 is 0 Å². The van der Waals surface area contributed by atoms with Crippen molar-refractivity contribution in [2.24, 2.45) is 7.05 Å². The van der Waals surface area contributed by atoms with Crippen LogP contribution in [0.2, 0.25) is 0 Å². The number of nitrogens with one attached hydrogen (secondary N) is 1. The van der Waals surface area contributed by atoms with Crippen LogP contribution in [-0.2, 0) is 7.05 Å². The summed E-state index contributed by atoms with van der Waals surface area (Å²) in [5, 5.41) is 7.90. The van der Waals surface area contributed by atoms with Crippen molar-refractivity contribution in [3.63, 3.8) is 0 Å². The SMILES string of the molecule is Cn1cc(-c2cc(N[C@H]3CC[C@@H](c4ccccc4)CC3)c(=O)n(C3CC3)c2)cn1. The second kappa shape index (κ2) is 7.54. The standard InChI is InChI=1S/C24H28N4O/c1-27-15-20(14-25-27)19-13-23(24(29)28(16-19)22-11-12-22)26-21-9-7-18(8-10-21)17-5-3-2-4-6-17/h2-6,13-16,18,21-22,26H,7-12H2,1H3/t18-,21+. The fourth-order valence-electron chi connectivity index (χ4n) is 4.57. The van der Waals surface area contributed by atoms with E-state index in [0.717, 1.165) is 42.5 Å². The monoisotopic (exact) mass is 388 g/mol. The first-order valence-corrected chi connectivity index (χ1v) is 10.7. The van der Waals surface area contributed by atoms with Crippen molar-refractivity contribution in [3.05, 3.63) is 70.9 Å². The Bertz CT molecular complexity index is 1040. The van der Waals surface area contributed by atoms with E-state index in [0.29, 0.717) is 18.0 Å². The molecule has 29 heavy (non-hydrogen) atoms. The van der Waals surface area contributed by atoms with Crippen LogP contribution in [0.1, 0.15) is 56.0 Å². The Morgan fingerprint density at radius 2 is 1.72 bits per heavy atom. The van der Waals surface area contributed by atoms with Gasteiger partial charge in [0.2, 0.25) is 0 Å². The van der Waals surface area contributed by atoms with Crippen molar-refractivity contribution in [2.45, 2.75) is 56.5 Å². The second-order valence-corrected chi connectivity index (χ2v) is 8.59. The quantitative estimate of drug-likeness (QED) is 0.688. The Hall–Kier alpha value is -2.82. The van der Waals surface area contributed by atoms with Crippen LogP contribution in [0.15, 0.2) is 59.8 Å². The van der Waals surface area contributed by atoms with E-state index in [2.05, 4.69) is 40.7 Å². The molecule has 0 bridgehead atoms. The normalized spacial score (nSPS) is 21.8. The molecule has 0 unspecified atom stereocenters. The van der Waals surface area contributed by atoms with Crippen molar-refractivity contribution in [1.82, 2.24) is 14.3 Å². The van der Waals surface area contributed by atoms with E-state index in [4.69, 9.17) is 0 Å². The summed E-state index contributed by atoms with van der Waals surface area (Å²) >= 11 is 0. The first-order valence-electron chi connectivity index (χ1n) is 10.7. The van der Waals surface area contributed by atoms with Crippen LogP contribution in [0.5, 0.6) is 0 Å². The van der Waals surface area contributed by atoms with Crippen molar-refractivity contribution in [3.8, 4) is 11.1 Å². The van der Waals surface area contributed by atoms with Gasteiger partial charge in [0.25, 0.3) is 5.56 Å². The summed E-state index contributed by atoms with van der Waals surface area (Å²) in [6, 6.07) is 13.5. The molecule has 150 valence electrons. The molecule has 0 atom stereocenters. The molecular formula is C24H28N4O. The van der Waals surface area contributed by atoms with Gasteiger partial charge in [0, 0.05) is 42.7 Å². The molecule has 2 aromatic heterocycles. The minimum Gasteiger partial charge on any atom is -0.378 e. The molecule has 1 aromatic carbocycles. The van der Waals surface area contributed by atoms with Gasteiger partial charge in [-0.15, -0.1) is 0 Å². The van der Waals surface area contributed by atoms with E-state index >= 15 is 0 Å². The average Bonchev–Trinajstić information content (AvgIpc) is 3.51. The Morgan fingerprint density at radius 1 is 0.966 bits per heavy atom. The molecule has 5 nitrogen and oxygen atoms in total. The molecule has 2 heterocycles. The highest BCUT2D eigenvalue weighted by Gasteiger charge is 2.27. The molecule has 0 aliphatic heterocycles. The molecule has 3 aromatic rings. The van der Waals surface area contributed by atoms with Crippen LogP contribution in [0.25, 0.3) is 11.1 Å². The zero-order chi connectivity index (χ0) is 19.8. The molecule has 2 fully saturated rings. The second-order valence-electron chi connectivity index (χ2n) is 8.59. The first kappa shape index (κ1) is 18.2. The molecule has 0 radical (unpaired) electrons. The number of anilines is 1. The summed E-state index contributed by atoms with van der Waals surface area (Å²) in [4.78, 5) is 13.1. The molecule has 5 rings (SSSR count). The van der Waals surface area contributed by atoms with Gasteiger partial charge in [0.15, 0.2) is 0 Å². The summed E-state index contributed by atoms with van der Waals surface area (Å²) in [7, 11) is 1.92. The zero-order valence-corrected chi connectivity index (χ0v) is 16.9. The lowest BCUT2D eigenvalue weighted by molar-refractivity contribution is 0.412. The van der Waals surface area contributed by atoms with E-state index < -0.39 is 0 Å². The molecule has 2 saturated carbocycles. The highest BCUT2D eigenvalue weighted by Crippen LogP contribution is 2.36. The lowest BCUT2D eigenvalue weighted by Gasteiger charge is -2.30. The number of hydrogen-bond acceptors (Lipinski definition) is 3. The Morgan fingerprint density at radius 3 is 2.38 bits per heavy atom.